The monoisotopic (exact) mass is 216 g/mol. The molecule has 0 saturated carbocycles. The van der Waals surface area contributed by atoms with E-state index in [2.05, 4.69) is 0 Å². The summed E-state index contributed by atoms with van der Waals surface area (Å²) in [4.78, 5) is 11.0. The lowest BCUT2D eigenvalue weighted by molar-refractivity contribution is -0.137. The Morgan fingerprint density at radius 3 is 2.62 bits per heavy atom. The smallest absolute Gasteiger partial charge is 0.330 e. The van der Waals surface area contributed by atoms with Crippen molar-refractivity contribution in [1.29, 1.82) is 0 Å². The second-order valence-corrected chi connectivity index (χ2v) is 3.33. The Labute approximate surface area is 96.2 Å². The maximum atomic E-state index is 11.0. The Kier molecular flexibility index (Phi) is 5.06. The van der Waals surface area contributed by atoms with Gasteiger partial charge in [0, 0.05) is 6.08 Å². The van der Waals surface area contributed by atoms with Gasteiger partial charge in [-0.3, -0.25) is 0 Å². The van der Waals surface area contributed by atoms with Crippen molar-refractivity contribution in [3.8, 4) is 0 Å². The van der Waals surface area contributed by atoms with E-state index in [1.807, 2.05) is 43.3 Å². The second-order valence-electron chi connectivity index (χ2n) is 3.33. The van der Waals surface area contributed by atoms with Crippen molar-refractivity contribution in [3.63, 3.8) is 0 Å². The van der Waals surface area contributed by atoms with Crippen molar-refractivity contribution >= 4 is 11.5 Å². The van der Waals surface area contributed by atoms with E-state index in [0.717, 1.165) is 11.1 Å². The normalized spacial score (nSPS) is 11.8. The van der Waals surface area contributed by atoms with Crippen LogP contribution in [0.25, 0.3) is 5.57 Å². The molecule has 0 fully saturated rings. The van der Waals surface area contributed by atoms with Crippen molar-refractivity contribution in [2.45, 2.75) is 13.8 Å². The van der Waals surface area contributed by atoms with Gasteiger partial charge in [0.1, 0.15) is 0 Å². The molecule has 0 N–H and O–H groups in total. The van der Waals surface area contributed by atoms with Gasteiger partial charge in [0.05, 0.1) is 6.61 Å². The lowest BCUT2D eigenvalue weighted by atomic mass is 10.1. The van der Waals surface area contributed by atoms with Crippen molar-refractivity contribution in [2.24, 2.45) is 0 Å². The van der Waals surface area contributed by atoms with Gasteiger partial charge in [-0.25, -0.2) is 4.79 Å². The predicted molar refractivity (Wildman–Crippen MR) is 65.9 cm³/mol. The van der Waals surface area contributed by atoms with Crippen LogP contribution in [0, 0.1) is 0 Å². The number of hydrogen-bond donors (Lipinski definition) is 0. The number of carbonyl (C=O) groups excluding carboxylic acids is 1. The molecule has 0 aliphatic heterocycles. The zero-order valence-corrected chi connectivity index (χ0v) is 9.64. The average molecular weight is 216 g/mol. The summed E-state index contributed by atoms with van der Waals surface area (Å²) >= 11 is 0. The van der Waals surface area contributed by atoms with Crippen LogP contribution in [0.3, 0.4) is 0 Å². The minimum Gasteiger partial charge on any atom is -0.463 e. The Bertz CT molecular complexity index is 388. The van der Waals surface area contributed by atoms with E-state index in [9.17, 15) is 4.79 Å². The fourth-order valence-corrected chi connectivity index (χ4v) is 1.26. The summed E-state index contributed by atoms with van der Waals surface area (Å²) in [6, 6.07) is 10.0. The molecule has 1 rings (SSSR count). The summed E-state index contributed by atoms with van der Waals surface area (Å²) in [7, 11) is 0. The first-order valence-corrected chi connectivity index (χ1v) is 5.31. The van der Waals surface area contributed by atoms with Crippen LogP contribution < -0.4 is 0 Å². The van der Waals surface area contributed by atoms with Crippen molar-refractivity contribution < 1.29 is 9.53 Å². The molecule has 1 aromatic rings. The first-order chi connectivity index (χ1) is 7.74. The van der Waals surface area contributed by atoms with Crippen molar-refractivity contribution in [1.82, 2.24) is 0 Å². The third-order valence-electron chi connectivity index (χ3n) is 2.09. The third-order valence-corrected chi connectivity index (χ3v) is 2.09. The Morgan fingerprint density at radius 2 is 2.00 bits per heavy atom. The molecule has 0 spiro atoms. The quantitative estimate of drug-likeness (QED) is 0.439. The summed E-state index contributed by atoms with van der Waals surface area (Å²) in [6.07, 6.45) is 5.03. The second kappa shape index (κ2) is 6.62. The predicted octanol–water partition coefficient (Wildman–Crippen LogP) is 3.21. The molecular formula is C14H16O2. The molecule has 0 radical (unpaired) electrons. The molecular weight excluding hydrogens is 200 g/mol. The number of carbonyl (C=O) groups is 1. The Morgan fingerprint density at radius 1 is 1.31 bits per heavy atom. The van der Waals surface area contributed by atoms with E-state index in [1.54, 1.807) is 13.0 Å². The SMILES string of the molecule is CCOC(=O)/C=C/C=C(/C)c1ccccc1. The highest BCUT2D eigenvalue weighted by atomic mass is 16.5. The average Bonchev–Trinajstić information content (AvgIpc) is 2.30. The topological polar surface area (TPSA) is 26.3 Å². The third kappa shape index (κ3) is 4.13. The molecule has 0 bridgehead atoms. The molecule has 0 heterocycles. The lowest BCUT2D eigenvalue weighted by Crippen LogP contribution is -1.98. The number of allylic oxidation sites excluding steroid dienone is 3. The highest BCUT2D eigenvalue weighted by Crippen LogP contribution is 2.12. The zero-order valence-electron chi connectivity index (χ0n) is 9.64. The molecule has 0 atom stereocenters. The molecule has 2 heteroatoms. The maximum Gasteiger partial charge on any atom is 0.330 e. The molecule has 16 heavy (non-hydrogen) atoms. The van der Waals surface area contributed by atoms with Crippen LogP contribution in [0.2, 0.25) is 0 Å². The summed E-state index contributed by atoms with van der Waals surface area (Å²) in [6.45, 7) is 4.20. The molecule has 0 aromatic heterocycles. The molecule has 2 nitrogen and oxygen atoms in total. The standard InChI is InChI=1S/C14H16O2/c1-3-16-14(15)11-7-8-12(2)13-9-5-4-6-10-13/h4-11H,3H2,1-2H3/b11-7+,12-8-. The molecule has 0 unspecified atom stereocenters. The molecule has 1 aromatic carbocycles. The highest BCUT2D eigenvalue weighted by molar-refractivity contribution is 5.82. The van der Waals surface area contributed by atoms with Crippen LogP contribution in [0.15, 0.2) is 48.6 Å². The van der Waals surface area contributed by atoms with Crippen LogP contribution in [0.5, 0.6) is 0 Å². The van der Waals surface area contributed by atoms with Gasteiger partial charge in [0.2, 0.25) is 0 Å². The van der Waals surface area contributed by atoms with Crippen LogP contribution in [0.4, 0.5) is 0 Å². The van der Waals surface area contributed by atoms with Crippen LogP contribution in [0.1, 0.15) is 19.4 Å². The van der Waals surface area contributed by atoms with E-state index >= 15 is 0 Å². The summed E-state index contributed by atoms with van der Waals surface area (Å²) < 4.78 is 4.77. The fourth-order valence-electron chi connectivity index (χ4n) is 1.26. The molecule has 0 saturated heterocycles. The molecule has 0 amide bonds. The van der Waals surface area contributed by atoms with E-state index in [-0.39, 0.29) is 5.97 Å². The van der Waals surface area contributed by atoms with Crippen molar-refractivity contribution in [3.05, 3.63) is 54.1 Å². The number of benzene rings is 1. The number of ether oxygens (including phenoxy) is 1. The van der Waals surface area contributed by atoms with Gasteiger partial charge < -0.3 is 4.74 Å². The summed E-state index contributed by atoms with van der Waals surface area (Å²) in [5.41, 5.74) is 2.26. The summed E-state index contributed by atoms with van der Waals surface area (Å²) in [5, 5.41) is 0. The van der Waals surface area contributed by atoms with Gasteiger partial charge in [-0.15, -0.1) is 0 Å². The van der Waals surface area contributed by atoms with Crippen LogP contribution >= 0.6 is 0 Å². The van der Waals surface area contributed by atoms with E-state index in [0.29, 0.717) is 6.61 Å². The van der Waals surface area contributed by atoms with Gasteiger partial charge in [-0.2, -0.15) is 0 Å². The summed E-state index contributed by atoms with van der Waals surface area (Å²) in [5.74, 6) is -0.306. The minimum absolute atomic E-state index is 0.306. The van der Waals surface area contributed by atoms with E-state index in [4.69, 9.17) is 4.74 Å². The lowest BCUT2D eigenvalue weighted by Gasteiger charge is -1.98. The molecule has 84 valence electrons. The molecule has 0 aliphatic rings. The number of rotatable bonds is 4. The fraction of sp³-hybridized carbons (Fsp3) is 0.214. The first kappa shape index (κ1) is 12.2. The number of hydrogen-bond acceptors (Lipinski definition) is 2. The molecule has 0 aliphatic carbocycles. The zero-order chi connectivity index (χ0) is 11.8. The largest absolute Gasteiger partial charge is 0.463 e. The van der Waals surface area contributed by atoms with Crippen LogP contribution in [-0.2, 0) is 9.53 Å². The van der Waals surface area contributed by atoms with Gasteiger partial charge in [0.25, 0.3) is 0 Å². The van der Waals surface area contributed by atoms with E-state index in [1.165, 1.54) is 6.08 Å². The highest BCUT2D eigenvalue weighted by Gasteiger charge is 1.93. The first-order valence-electron chi connectivity index (χ1n) is 5.31. The van der Waals surface area contributed by atoms with Gasteiger partial charge in [-0.05, 0) is 25.0 Å². The van der Waals surface area contributed by atoms with Gasteiger partial charge in [-0.1, -0.05) is 42.5 Å². The minimum atomic E-state index is -0.306. The number of esters is 1. The maximum absolute atomic E-state index is 11.0. The van der Waals surface area contributed by atoms with Crippen molar-refractivity contribution in [2.75, 3.05) is 6.61 Å². The Balaban J connectivity index is 2.61. The van der Waals surface area contributed by atoms with Gasteiger partial charge in [0.15, 0.2) is 0 Å². The van der Waals surface area contributed by atoms with E-state index < -0.39 is 0 Å². The Hall–Kier alpha value is -1.83. The van der Waals surface area contributed by atoms with Gasteiger partial charge >= 0.3 is 5.97 Å². The van der Waals surface area contributed by atoms with Crippen LogP contribution in [-0.4, -0.2) is 12.6 Å².